The van der Waals surface area contributed by atoms with Crippen molar-refractivity contribution >= 4 is 11.9 Å². The van der Waals surface area contributed by atoms with Crippen molar-refractivity contribution in [3.63, 3.8) is 0 Å². The molecule has 0 amide bonds. The van der Waals surface area contributed by atoms with E-state index in [1.807, 2.05) is 0 Å². The van der Waals surface area contributed by atoms with Gasteiger partial charge in [0, 0.05) is 6.54 Å². The Hall–Kier alpha value is -1.14. The molecular weight excluding hydrogens is 238 g/mol. The molecule has 0 unspecified atom stereocenters. The maximum absolute atomic E-state index is 11.9. The highest BCUT2D eigenvalue weighted by atomic mass is 16.5. The van der Waals surface area contributed by atoms with Gasteiger partial charge < -0.3 is 19.9 Å². The fourth-order valence-corrected chi connectivity index (χ4v) is 2.02. The molecule has 1 aliphatic heterocycles. The zero-order valence-electron chi connectivity index (χ0n) is 10.9. The van der Waals surface area contributed by atoms with E-state index >= 15 is 0 Å². The van der Waals surface area contributed by atoms with Crippen molar-refractivity contribution in [3.05, 3.63) is 0 Å². The lowest BCUT2D eigenvalue weighted by molar-refractivity contribution is -0.154. The Labute approximate surface area is 107 Å². The lowest BCUT2D eigenvalue weighted by Crippen LogP contribution is -2.40. The molecular formula is C12H21NO5. The fraction of sp³-hybridized carbons (Fsp3) is 0.833. The van der Waals surface area contributed by atoms with Gasteiger partial charge in [0.15, 0.2) is 0 Å². The number of hydrogen-bond acceptors (Lipinski definition) is 6. The first kappa shape index (κ1) is 14.9. The van der Waals surface area contributed by atoms with Gasteiger partial charge in [0.25, 0.3) is 0 Å². The zero-order valence-corrected chi connectivity index (χ0v) is 10.9. The third-order valence-corrected chi connectivity index (χ3v) is 3.01. The van der Waals surface area contributed by atoms with Crippen molar-refractivity contribution in [1.29, 1.82) is 0 Å². The summed E-state index contributed by atoms with van der Waals surface area (Å²) in [7, 11) is 0. The third-order valence-electron chi connectivity index (χ3n) is 3.01. The fourth-order valence-electron chi connectivity index (χ4n) is 2.02. The van der Waals surface area contributed by atoms with Crippen molar-refractivity contribution in [2.45, 2.75) is 32.8 Å². The van der Waals surface area contributed by atoms with Gasteiger partial charge in [-0.1, -0.05) is 0 Å². The Morgan fingerprint density at radius 3 is 2.56 bits per heavy atom. The molecule has 6 heteroatoms. The number of carbonyl (C=O) groups excluding carboxylic acids is 2. The van der Waals surface area contributed by atoms with E-state index in [1.54, 1.807) is 13.8 Å². The van der Waals surface area contributed by atoms with E-state index < -0.39 is 5.41 Å². The maximum atomic E-state index is 11.9. The van der Waals surface area contributed by atoms with Crippen LogP contribution >= 0.6 is 0 Å². The molecule has 0 aromatic rings. The minimum atomic E-state index is -0.812. The predicted octanol–water partition coefficient (Wildman–Crippen LogP) is 0.237. The standard InChI is InChI=1S/C12H21NO5/c1-3-16-10(14)5-9-6-12(7-13,8-18-9)11(15)17-4-2/h9H,3-8,13H2,1-2H3/t9-,12+/m0/s1. The Morgan fingerprint density at radius 2 is 2.00 bits per heavy atom. The van der Waals surface area contributed by atoms with Crippen molar-refractivity contribution in [2.24, 2.45) is 11.1 Å². The summed E-state index contributed by atoms with van der Waals surface area (Å²) in [6.45, 7) is 4.50. The van der Waals surface area contributed by atoms with Crippen LogP contribution in [0.5, 0.6) is 0 Å². The molecule has 0 radical (unpaired) electrons. The number of carbonyl (C=O) groups is 2. The zero-order chi connectivity index (χ0) is 13.6. The quantitative estimate of drug-likeness (QED) is 0.687. The summed E-state index contributed by atoms with van der Waals surface area (Å²) in [5.74, 6) is -0.668. The molecule has 0 aromatic carbocycles. The minimum absolute atomic E-state index is 0.148. The molecule has 18 heavy (non-hydrogen) atoms. The summed E-state index contributed by atoms with van der Waals surface area (Å²) in [4.78, 5) is 23.2. The lowest BCUT2D eigenvalue weighted by Gasteiger charge is -2.22. The summed E-state index contributed by atoms with van der Waals surface area (Å²) in [5.41, 5.74) is 4.84. The van der Waals surface area contributed by atoms with Crippen LogP contribution in [0, 0.1) is 5.41 Å². The summed E-state index contributed by atoms with van der Waals surface area (Å²) in [5, 5.41) is 0. The van der Waals surface area contributed by atoms with Crippen molar-refractivity contribution in [2.75, 3.05) is 26.4 Å². The van der Waals surface area contributed by atoms with Crippen LogP contribution in [-0.2, 0) is 23.8 Å². The first-order chi connectivity index (χ1) is 8.57. The van der Waals surface area contributed by atoms with Gasteiger partial charge in [0.2, 0.25) is 0 Å². The first-order valence-corrected chi connectivity index (χ1v) is 6.22. The van der Waals surface area contributed by atoms with Crippen LogP contribution in [0.15, 0.2) is 0 Å². The molecule has 1 aliphatic rings. The largest absolute Gasteiger partial charge is 0.466 e. The molecule has 1 saturated heterocycles. The Bertz CT molecular complexity index is 307. The van der Waals surface area contributed by atoms with Crippen LogP contribution in [0.25, 0.3) is 0 Å². The Balaban J connectivity index is 2.56. The van der Waals surface area contributed by atoms with Gasteiger partial charge in [-0.3, -0.25) is 9.59 Å². The predicted molar refractivity (Wildman–Crippen MR) is 63.7 cm³/mol. The molecule has 0 spiro atoms. The highest BCUT2D eigenvalue weighted by Gasteiger charge is 2.47. The smallest absolute Gasteiger partial charge is 0.315 e. The average Bonchev–Trinajstić information content (AvgIpc) is 2.74. The van der Waals surface area contributed by atoms with Gasteiger partial charge in [0.05, 0.1) is 32.3 Å². The van der Waals surface area contributed by atoms with Crippen molar-refractivity contribution < 1.29 is 23.8 Å². The SMILES string of the molecule is CCOC(=O)C[C@H]1C[C@](CN)(C(=O)OCC)CO1. The molecule has 1 fully saturated rings. The van der Waals surface area contributed by atoms with Gasteiger partial charge in [-0.2, -0.15) is 0 Å². The van der Waals surface area contributed by atoms with Crippen LogP contribution in [-0.4, -0.2) is 44.4 Å². The van der Waals surface area contributed by atoms with Crippen molar-refractivity contribution in [1.82, 2.24) is 0 Å². The number of esters is 2. The van der Waals surface area contributed by atoms with Crippen LogP contribution in [0.1, 0.15) is 26.7 Å². The van der Waals surface area contributed by atoms with E-state index in [0.717, 1.165) is 0 Å². The average molecular weight is 259 g/mol. The van der Waals surface area contributed by atoms with E-state index in [2.05, 4.69) is 0 Å². The van der Waals surface area contributed by atoms with Gasteiger partial charge in [0.1, 0.15) is 5.41 Å². The number of nitrogens with two attached hydrogens (primary N) is 1. The summed E-state index contributed by atoms with van der Waals surface area (Å²) in [6, 6.07) is 0. The number of rotatable bonds is 6. The maximum Gasteiger partial charge on any atom is 0.315 e. The number of hydrogen-bond donors (Lipinski definition) is 1. The summed E-state index contributed by atoms with van der Waals surface area (Å²) in [6.07, 6.45) is 0.230. The molecule has 1 rings (SSSR count). The van der Waals surface area contributed by atoms with Crippen LogP contribution in [0.4, 0.5) is 0 Å². The molecule has 0 aromatic heterocycles. The van der Waals surface area contributed by atoms with Crippen LogP contribution < -0.4 is 5.73 Å². The van der Waals surface area contributed by atoms with Crippen LogP contribution in [0.3, 0.4) is 0 Å². The topological polar surface area (TPSA) is 87.9 Å². The second kappa shape index (κ2) is 6.70. The van der Waals surface area contributed by atoms with E-state index in [0.29, 0.717) is 19.6 Å². The monoisotopic (exact) mass is 259 g/mol. The summed E-state index contributed by atoms with van der Waals surface area (Å²) >= 11 is 0. The molecule has 0 bridgehead atoms. The Kier molecular flexibility index (Phi) is 5.55. The van der Waals surface area contributed by atoms with Crippen molar-refractivity contribution in [3.8, 4) is 0 Å². The second-order valence-corrected chi connectivity index (χ2v) is 4.35. The minimum Gasteiger partial charge on any atom is -0.466 e. The third kappa shape index (κ3) is 3.43. The summed E-state index contributed by atoms with van der Waals surface area (Å²) < 4.78 is 15.3. The molecule has 1 heterocycles. The van der Waals surface area contributed by atoms with Gasteiger partial charge in [-0.05, 0) is 20.3 Å². The molecule has 0 aliphatic carbocycles. The normalized spacial score (nSPS) is 26.9. The highest BCUT2D eigenvalue weighted by Crippen LogP contribution is 2.34. The highest BCUT2D eigenvalue weighted by molar-refractivity contribution is 5.78. The number of ether oxygens (including phenoxy) is 3. The molecule has 104 valence electrons. The molecule has 2 N–H and O–H groups in total. The molecule has 2 atom stereocenters. The van der Waals surface area contributed by atoms with E-state index in [9.17, 15) is 9.59 Å². The molecule has 0 saturated carbocycles. The lowest BCUT2D eigenvalue weighted by atomic mass is 9.85. The van der Waals surface area contributed by atoms with E-state index in [4.69, 9.17) is 19.9 Å². The van der Waals surface area contributed by atoms with Gasteiger partial charge in [-0.15, -0.1) is 0 Å². The molecule has 6 nitrogen and oxygen atoms in total. The first-order valence-electron chi connectivity index (χ1n) is 6.22. The Morgan fingerprint density at radius 1 is 1.33 bits per heavy atom. The second-order valence-electron chi connectivity index (χ2n) is 4.35. The van der Waals surface area contributed by atoms with Crippen LogP contribution in [0.2, 0.25) is 0 Å². The van der Waals surface area contributed by atoms with Gasteiger partial charge in [-0.25, -0.2) is 0 Å². The van der Waals surface area contributed by atoms with Gasteiger partial charge >= 0.3 is 11.9 Å². The van der Waals surface area contributed by atoms with E-state index in [1.165, 1.54) is 0 Å². The van der Waals surface area contributed by atoms with E-state index in [-0.39, 0.29) is 37.6 Å².